The van der Waals surface area contributed by atoms with Gasteiger partial charge in [0.2, 0.25) is 0 Å². The number of aromatic amines is 1. The summed E-state index contributed by atoms with van der Waals surface area (Å²) >= 11 is 0. The maximum absolute atomic E-state index is 4.63. The van der Waals surface area contributed by atoms with Gasteiger partial charge >= 0.3 is 0 Å². The molecule has 80 valence electrons. The number of hydrogen-bond acceptors (Lipinski definition) is 3. The van der Waals surface area contributed by atoms with Crippen LogP contribution in [-0.2, 0) is 6.42 Å². The van der Waals surface area contributed by atoms with Gasteiger partial charge in [-0.2, -0.15) is 0 Å². The van der Waals surface area contributed by atoms with Crippen LogP contribution in [0.5, 0.6) is 0 Å². The first-order valence-electron chi connectivity index (χ1n) is 5.79. The van der Waals surface area contributed by atoms with E-state index in [1.54, 1.807) is 6.33 Å². The predicted octanol–water partition coefficient (Wildman–Crippen LogP) is 1.71. The minimum atomic E-state index is 0.676. The number of pyridine rings is 1. The summed E-state index contributed by atoms with van der Waals surface area (Å²) in [6.07, 6.45) is 5.20. The highest BCUT2D eigenvalue weighted by Crippen LogP contribution is 2.31. The number of imidazole rings is 1. The fourth-order valence-electron chi connectivity index (χ4n) is 2.82. The molecule has 1 aliphatic carbocycles. The fraction of sp³-hybridized carbons (Fsp3) is 0.417. The molecule has 1 N–H and O–H groups in total. The number of aliphatic imine (C=N–C) groups is 1. The summed E-state index contributed by atoms with van der Waals surface area (Å²) in [6.45, 7) is 0.987. The van der Waals surface area contributed by atoms with Gasteiger partial charge < -0.3 is 4.98 Å². The largest absolute Gasteiger partial charge is 0.343 e. The third kappa shape index (κ3) is 1.01. The molecule has 16 heavy (non-hydrogen) atoms. The van der Waals surface area contributed by atoms with Crippen molar-refractivity contribution in [3.8, 4) is 0 Å². The van der Waals surface area contributed by atoms with Gasteiger partial charge in [0.25, 0.3) is 0 Å². The summed E-state index contributed by atoms with van der Waals surface area (Å²) in [7, 11) is 0. The van der Waals surface area contributed by atoms with Crippen LogP contribution in [-0.4, -0.2) is 27.2 Å². The van der Waals surface area contributed by atoms with E-state index in [1.165, 1.54) is 29.8 Å². The van der Waals surface area contributed by atoms with Crippen LogP contribution < -0.4 is 0 Å². The molecule has 3 heterocycles. The minimum Gasteiger partial charge on any atom is -0.343 e. The second-order valence-corrected chi connectivity index (χ2v) is 4.55. The lowest BCUT2D eigenvalue weighted by molar-refractivity contribution is 0.599. The highest BCUT2D eigenvalue weighted by molar-refractivity contribution is 6.06. The minimum absolute atomic E-state index is 0.676. The molecule has 0 bridgehead atoms. The van der Waals surface area contributed by atoms with Crippen molar-refractivity contribution in [3.63, 3.8) is 0 Å². The zero-order chi connectivity index (χ0) is 10.5. The molecule has 1 atom stereocenters. The molecule has 4 heteroatoms. The predicted molar refractivity (Wildman–Crippen MR) is 61.7 cm³/mol. The van der Waals surface area contributed by atoms with Crippen molar-refractivity contribution in [2.75, 3.05) is 6.54 Å². The second-order valence-electron chi connectivity index (χ2n) is 4.55. The van der Waals surface area contributed by atoms with Crippen molar-refractivity contribution in [1.29, 1.82) is 0 Å². The number of hydrogen-bond donors (Lipinski definition) is 1. The van der Waals surface area contributed by atoms with Gasteiger partial charge in [-0.3, -0.25) is 4.99 Å². The van der Waals surface area contributed by atoms with E-state index >= 15 is 0 Å². The van der Waals surface area contributed by atoms with Crippen LogP contribution in [0.4, 0.5) is 0 Å². The number of nitrogens with one attached hydrogen (secondary N) is 1. The summed E-state index contributed by atoms with van der Waals surface area (Å²) in [4.78, 5) is 16.6. The highest BCUT2D eigenvalue weighted by Gasteiger charge is 2.29. The molecule has 0 aromatic carbocycles. The lowest BCUT2D eigenvalue weighted by Gasteiger charge is -2.21. The maximum atomic E-state index is 4.63. The zero-order valence-corrected chi connectivity index (χ0v) is 8.90. The van der Waals surface area contributed by atoms with E-state index in [0.29, 0.717) is 5.92 Å². The molecule has 2 aromatic rings. The van der Waals surface area contributed by atoms with Crippen LogP contribution in [0.1, 0.15) is 24.1 Å². The topological polar surface area (TPSA) is 53.9 Å². The van der Waals surface area contributed by atoms with E-state index in [-0.39, 0.29) is 0 Å². The molecule has 0 saturated carbocycles. The maximum Gasteiger partial charge on any atom is 0.177 e. The third-order valence-electron chi connectivity index (χ3n) is 3.64. The van der Waals surface area contributed by atoms with E-state index in [4.69, 9.17) is 0 Å². The molecule has 0 saturated heterocycles. The Morgan fingerprint density at radius 3 is 3.31 bits per heavy atom. The molecule has 2 aromatic heterocycles. The van der Waals surface area contributed by atoms with Crippen molar-refractivity contribution in [1.82, 2.24) is 15.0 Å². The van der Waals surface area contributed by atoms with Crippen LogP contribution in [0.25, 0.3) is 11.2 Å². The molecule has 0 fully saturated rings. The molecule has 0 spiro atoms. The molecular weight excluding hydrogens is 200 g/mol. The second kappa shape index (κ2) is 2.90. The smallest absolute Gasteiger partial charge is 0.177 e. The Morgan fingerprint density at radius 1 is 1.31 bits per heavy atom. The van der Waals surface area contributed by atoms with Crippen molar-refractivity contribution >= 4 is 16.9 Å². The van der Waals surface area contributed by atoms with Crippen molar-refractivity contribution < 1.29 is 0 Å². The quantitative estimate of drug-likeness (QED) is 0.722. The van der Waals surface area contributed by atoms with E-state index < -0.39 is 0 Å². The average Bonchev–Trinajstić information content (AvgIpc) is 2.94. The Bertz CT molecular complexity index is 596. The molecule has 4 nitrogen and oxygen atoms in total. The summed E-state index contributed by atoms with van der Waals surface area (Å²) in [5.74, 6) is 0.676. The Kier molecular flexibility index (Phi) is 1.53. The number of H-pyrrole nitrogens is 1. The van der Waals surface area contributed by atoms with Crippen LogP contribution in [0.15, 0.2) is 17.4 Å². The Labute approximate surface area is 92.8 Å². The van der Waals surface area contributed by atoms with Gasteiger partial charge in [0.15, 0.2) is 5.65 Å². The zero-order valence-electron chi connectivity index (χ0n) is 8.90. The summed E-state index contributed by atoms with van der Waals surface area (Å²) in [5, 5.41) is 0. The van der Waals surface area contributed by atoms with Crippen molar-refractivity contribution in [2.45, 2.75) is 19.3 Å². The average molecular weight is 212 g/mol. The monoisotopic (exact) mass is 212 g/mol. The number of rotatable bonds is 0. The van der Waals surface area contributed by atoms with Crippen LogP contribution in [0, 0.1) is 5.92 Å². The molecule has 2 aliphatic rings. The van der Waals surface area contributed by atoms with Crippen molar-refractivity contribution in [3.05, 3.63) is 23.7 Å². The molecule has 4 rings (SSSR count). The lowest BCUT2D eigenvalue weighted by atomic mass is 9.84. The molecule has 0 radical (unpaired) electrons. The van der Waals surface area contributed by atoms with Crippen LogP contribution in [0.2, 0.25) is 0 Å². The molecule has 0 amide bonds. The third-order valence-corrected chi connectivity index (χ3v) is 3.64. The van der Waals surface area contributed by atoms with Gasteiger partial charge in [0, 0.05) is 23.7 Å². The summed E-state index contributed by atoms with van der Waals surface area (Å²) in [5.41, 5.74) is 5.57. The van der Waals surface area contributed by atoms with Gasteiger partial charge in [-0.05, 0) is 25.3 Å². The van der Waals surface area contributed by atoms with Gasteiger partial charge in [-0.25, -0.2) is 9.97 Å². The number of nitrogens with zero attached hydrogens (tertiary/aromatic N) is 3. The summed E-state index contributed by atoms with van der Waals surface area (Å²) < 4.78 is 0. The number of fused-ring (bicyclic) bond motifs is 4. The first-order valence-corrected chi connectivity index (χ1v) is 5.79. The Morgan fingerprint density at radius 2 is 2.31 bits per heavy atom. The SMILES string of the molecule is c1nc2nc3c(cc2[nH]1)C1=NCCC1CC3. The van der Waals surface area contributed by atoms with Gasteiger partial charge in [-0.15, -0.1) is 0 Å². The van der Waals surface area contributed by atoms with E-state index in [0.717, 1.165) is 24.1 Å². The van der Waals surface area contributed by atoms with E-state index in [1.807, 2.05) is 0 Å². The highest BCUT2D eigenvalue weighted by atomic mass is 15.0. The first-order chi connectivity index (χ1) is 7.92. The first kappa shape index (κ1) is 8.44. The van der Waals surface area contributed by atoms with E-state index in [9.17, 15) is 0 Å². The normalized spacial score (nSPS) is 23.0. The van der Waals surface area contributed by atoms with Gasteiger partial charge in [-0.1, -0.05) is 0 Å². The summed E-state index contributed by atoms with van der Waals surface area (Å²) in [6, 6.07) is 2.17. The van der Waals surface area contributed by atoms with Gasteiger partial charge in [0.1, 0.15) is 0 Å². The number of aryl methyl sites for hydroxylation is 1. The standard InChI is InChI=1S/C12H12N4/c1-2-9-8(11-7(1)3-4-13-11)5-10-12(16-9)15-6-14-10/h5-7H,1-4H2,(H,14,15,16). The van der Waals surface area contributed by atoms with Gasteiger partial charge in [0.05, 0.1) is 17.5 Å². The molecule has 1 unspecified atom stereocenters. The van der Waals surface area contributed by atoms with Crippen LogP contribution in [0.3, 0.4) is 0 Å². The van der Waals surface area contributed by atoms with E-state index in [2.05, 4.69) is 26.0 Å². The van der Waals surface area contributed by atoms with Crippen LogP contribution >= 0.6 is 0 Å². The lowest BCUT2D eigenvalue weighted by Crippen LogP contribution is -2.21. The Balaban J connectivity index is 2.00. The molecular formula is C12H12N4. The molecule has 1 aliphatic heterocycles. The fourth-order valence-corrected chi connectivity index (χ4v) is 2.82. The number of aromatic nitrogens is 3. The van der Waals surface area contributed by atoms with Crippen molar-refractivity contribution in [2.24, 2.45) is 10.9 Å². The Hall–Kier alpha value is -1.71.